The Balaban J connectivity index is 2.47. The van der Waals surface area contributed by atoms with Crippen LogP contribution in [0.1, 0.15) is 16.7 Å². The maximum atomic E-state index is 5.83. The summed E-state index contributed by atoms with van der Waals surface area (Å²) in [6.07, 6.45) is 0. The highest BCUT2D eigenvalue weighted by atomic mass is 35.5. The Kier molecular flexibility index (Phi) is 2.91. The standard InChI is InChI=1S/C10H12ClNO2/c11-3-8-1-7(4-12)2-9-5-13-6-14-10(8)9/h1-2H,3-6,12H2. The lowest BCUT2D eigenvalue weighted by atomic mass is 10.0. The van der Waals surface area contributed by atoms with E-state index in [-0.39, 0.29) is 0 Å². The third kappa shape index (κ3) is 1.71. The number of hydrogen-bond donors (Lipinski definition) is 1. The van der Waals surface area contributed by atoms with Crippen LogP contribution in [0.4, 0.5) is 0 Å². The number of halogens is 1. The molecule has 2 N–H and O–H groups in total. The zero-order chi connectivity index (χ0) is 9.97. The Hall–Kier alpha value is -0.770. The van der Waals surface area contributed by atoms with Crippen molar-refractivity contribution in [3.8, 4) is 5.75 Å². The summed E-state index contributed by atoms with van der Waals surface area (Å²) in [6, 6.07) is 3.99. The molecule has 4 heteroatoms. The summed E-state index contributed by atoms with van der Waals surface area (Å²) in [5.74, 6) is 1.30. The molecule has 0 saturated carbocycles. The fraction of sp³-hybridized carbons (Fsp3) is 0.400. The minimum absolute atomic E-state index is 0.304. The highest BCUT2D eigenvalue weighted by Crippen LogP contribution is 2.30. The molecule has 0 radical (unpaired) electrons. The van der Waals surface area contributed by atoms with Crippen LogP contribution in [0.2, 0.25) is 0 Å². The van der Waals surface area contributed by atoms with E-state index in [1.54, 1.807) is 0 Å². The van der Waals surface area contributed by atoms with Crippen LogP contribution in [-0.2, 0) is 23.8 Å². The molecule has 0 atom stereocenters. The second-order valence-electron chi connectivity index (χ2n) is 3.19. The first-order chi connectivity index (χ1) is 6.85. The van der Waals surface area contributed by atoms with E-state index in [1.165, 1.54) is 0 Å². The Morgan fingerprint density at radius 2 is 2.29 bits per heavy atom. The van der Waals surface area contributed by atoms with E-state index in [2.05, 4.69) is 0 Å². The molecular weight excluding hydrogens is 202 g/mol. The van der Waals surface area contributed by atoms with Crippen LogP contribution in [-0.4, -0.2) is 6.79 Å². The summed E-state index contributed by atoms with van der Waals surface area (Å²) in [5.41, 5.74) is 8.68. The molecule has 0 aliphatic carbocycles. The Morgan fingerprint density at radius 3 is 3.00 bits per heavy atom. The van der Waals surface area contributed by atoms with E-state index < -0.39 is 0 Å². The number of benzene rings is 1. The second kappa shape index (κ2) is 4.17. The van der Waals surface area contributed by atoms with Gasteiger partial charge in [-0.05, 0) is 17.7 Å². The van der Waals surface area contributed by atoms with Crippen molar-refractivity contribution in [3.05, 3.63) is 28.8 Å². The van der Waals surface area contributed by atoms with Crippen LogP contribution in [0.25, 0.3) is 0 Å². The van der Waals surface area contributed by atoms with E-state index in [0.717, 1.165) is 22.4 Å². The van der Waals surface area contributed by atoms with Crippen LogP contribution >= 0.6 is 11.6 Å². The molecule has 0 saturated heterocycles. The molecule has 0 bridgehead atoms. The molecule has 2 rings (SSSR count). The number of rotatable bonds is 2. The molecule has 1 heterocycles. The molecule has 1 aromatic carbocycles. The van der Waals surface area contributed by atoms with Gasteiger partial charge in [-0.1, -0.05) is 0 Å². The van der Waals surface area contributed by atoms with Crippen molar-refractivity contribution >= 4 is 11.6 Å². The minimum Gasteiger partial charge on any atom is -0.467 e. The van der Waals surface area contributed by atoms with Crippen molar-refractivity contribution in [1.82, 2.24) is 0 Å². The monoisotopic (exact) mass is 213 g/mol. The highest BCUT2D eigenvalue weighted by molar-refractivity contribution is 6.17. The number of ether oxygens (including phenoxy) is 2. The lowest BCUT2D eigenvalue weighted by molar-refractivity contribution is -0.0169. The summed E-state index contributed by atoms with van der Waals surface area (Å²) in [7, 11) is 0. The molecule has 0 spiro atoms. The Morgan fingerprint density at radius 1 is 1.43 bits per heavy atom. The van der Waals surface area contributed by atoms with Gasteiger partial charge in [0, 0.05) is 17.7 Å². The van der Waals surface area contributed by atoms with Crippen molar-refractivity contribution in [2.45, 2.75) is 19.0 Å². The molecule has 0 unspecified atom stereocenters. The van der Waals surface area contributed by atoms with Gasteiger partial charge >= 0.3 is 0 Å². The van der Waals surface area contributed by atoms with Gasteiger partial charge in [0.05, 0.1) is 12.5 Å². The van der Waals surface area contributed by atoms with Crippen molar-refractivity contribution in [2.24, 2.45) is 5.73 Å². The zero-order valence-corrected chi connectivity index (χ0v) is 8.51. The van der Waals surface area contributed by atoms with Gasteiger partial charge in [0.1, 0.15) is 5.75 Å². The van der Waals surface area contributed by atoms with Crippen molar-refractivity contribution in [2.75, 3.05) is 6.79 Å². The fourth-order valence-corrected chi connectivity index (χ4v) is 1.79. The van der Waals surface area contributed by atoms with Gasteiger partial charge in [-0.25, -0.2) is 0 Å². The number of hydrogen-bond acceptors (Lipinski definition) is 3. The van der Waals surface area contributed by atoms with Crippen molar-refractivity contribution in [1.29, 1.82) is 0 Å². The third-order valence-corrected chi connectivity index (χ3v) is 2.51. The van der Waals surface area contributed by atoms with Gasteiger partial charge in [0.25, 0.3) is 0 Å². The molecule has 0 amide bonds. The summed E-state index contributed by atoms with van der Waals surface area (Å²) in [6.45, 7) is 1.39. The van der Waals surface area contributed by atoms with E-state index in [4.69, 9.17) is 26.8 Å². The average molecular weight is 214 g/mol. The lowest BCUT2D eigenvalue weighted by Gasteiger charge is -2.21. The molecule has 1 aliphatic heterocycles. The van der Waals surface area contributed by atoms with Crippen LogP contribution in [0.15, 0.2) is 12.1 Å². The van der Waals surface area contributed by atoms with Gasteiger partial charge in [-0.3, -0.25) is 0 Å². The molecular formula is C10H12ClNO2. The maximum absolute atomic E-state index is 5.83. The fourth-order valence-electron chi connectivity index (χ4n) is 1.59. The summed E-state index contributed by atoms with van der Waals surface area (Å²) < 4.78 is 10.6. The van der Waals surface area contributed by atoms with Gasteiger partial charge in [0.15, 0.2) is 6.79 Å². The molecule has 1 aromatic rings. The molecule has 0 fully saturated rings. The van der Waals surface area contributed by atoms with Crippen molar-refractivity contribution < 1.29 is 9.47 Å². The maximum Gasteiger partial charge on any atom is 0.189 e. The summed E-state index contributed by atoms with van der Waals surface area (Å²) in [5, 5.41) is 0. The topological polar surface area (TPSA) is 44.5 Å². The normalized spacial score (nSPS) is 14.7. The van der Waals surface area contributed by atoms with E-state index in [0.29, 0.717) is 25.8 Å². The van der Waals surface area contributed by atoms with Crippen LogP contribution in [0.3, 0.4) is 0 Å². The molecule has 3 nitrogen and oxygen atoms in total. The van der Waals surface area contributed by atoms with Crippen LogP contribution in [0.5, 0.6) is 5.75 Å². The van der Waals surface area contributed by atoms with Crippen LogP contribution in [0, 0.1) is 0 Å². The minimum atomic E-state index is 0.304. The van der Waals surface area contributed by atoms with Gasteiger partial charge in [0.2, 0.25) is 0 Å². The first-order valence-electron chi connectivity index (χ1n) is 4.46. The smallest absolute Gasteiger partial charge is 0.189 e. The first-order valence-corrected chi connectivity index (χ1v) is 5.00. The van der Waals surface area contributed by atoms with Gasteiger partial charge in [-0.2, -0.15) is 0 Å². The largest absolute Gasteiger partial charge is 0.467 e. The quantitative estimate of drug-likeness (QED) is 0.762. The SMILES string of the molecule is NCc1cc(CCl)c2c(c1)COCO2. The van der Waals surface area contributed by atoms with E-state index in [1.807, 2.05) is 12.1 Å². The first kappa shape index (κ1) is 9.77. The molecule has 1 aliphatic rings. The number of alkyl halides is 1. The summed E-state index contributed by atoms with van der Waals surface area (Å²) >= 11 is 5.83. The highest BCUT2D eigenvalue weighted by Gasteiger charge is 2.15. The number of fused-ring (bicyclic) bond motifs is 1. The molecule has 76 valence electrons. The lowest BCUT2D eigenvalue weighted by Crippen LogP contribution is -2.14. The van der Waals surface area contributed by atoms with Crippen LogP contribution < -0.4 is 10.5 Å². The number of nitrogens with two attached hydrogens (primary N) is 1. The zero-order valence-electron chi connectivity index (χ0n) is 7.75. The summed E-state index contributed by atoms with van der Waals surface area (Å²) in [4.78, 5) is 0. The van der Waals surface area contributed by atoms with Gasteiger partial charge < -0.3 is 15.2 Å². The second-order valence-corrected chi connectivity index (χ2v) is 3.46. The molecule has 0 aromatic heterocycles. The Bertz CT molecular complexity index is 324. The predicted molar refractivity (Wildman–Crippen MR) is 54.2 cm³/mol. The molecule has 14 heavy (non-hydrogen) atoms. The predicted octanol–water partition coefficient (Wildman–Crippen LogP) is 1.75. The van der Waals surface area contributed by atoms with E-state index in [9.17, 15) is 0 Å². The average Bonchev–Trinajstić information content (AvgIpc) is 2.27. The van der Waals surface area contributed by atoms with Crippen molar-refractivity contribution in [3.63, 3.8) is 0 Å². The van der Waals surface area contributed by atoms with Gasteiger partial charge in [-0.15, -0.1) is 11.6 Å². The third-order valence-electron chi connectivity index (χ3n) is 2.23. The van der Waals surface area contributed by atoms with E-state index >= 15 is 0 Å². The Labute approximate surface area is 87.8 Å².